The molecule has 33 heavy (non-hydrogen) atoms. The van der Waals surface area contributed by atoms with E-state index in [9.17, 15) is 19.0 Å². The predicted molar refractivity (Wildman–Crippen MR) is 133 cm³/mol. The van der Waals surface area contributed by atoms with Gasteiger partial charge in [0.2, 0.25) is 11.0 Å². The zero-order valence-electron chi connectivity index (χ0n) is 21.4. The Hall–Kier alpha value is -2.76. The van der Waals surface area contributed by atoms with Crippen LogP contribution in [0.2, 0.25) is 0 Å². The summed E-state index contributed by atoms with van der Waals surface area (Å²) in [6.45, 7) is 10.5. The van der Waals surface area contributed by atoms with E-state index in [0.29, 0.717) is 22.3 Å². The van der Waals surface area contributed by atoms with Crippen LogP contribution >= 0.6 is 7.37 Å². The lowest BCUT2D eigenvalue weighted by molar-refractivity contribution is -0.470. The Bertz CT molecular complexity index is 1040. The van der Waals surface area contributed by atoms with Crippen LogP contribution in [0.5, 0.6) is 0 Å². The zero-order chi connectivity index (χ0) is 25.8. The molecule has 0 atom stereocenters. The topological polar surface area (TPSA) is 107 Å². The fourth-order valence-electron chi connectivity index (χ4n) is 3.82. The SMILES string of the molecule is CN(C)C(N)=[N+](C)C.Cc1cc(C)c(C(=O)P(=O)([O-])C(=O)c2c(C)cc(C)cc2C)c(C)c1. The number of nitrogens with two attached hydrogens (primary N) is 1. The number of carbonyl (C=O) groups excluding carboxylic acids is 2. The van der Waals surface area contributed by atoms with Crippen molar-refractivity contribution in [2.75, 3.05) is 28.2 Å². The van der Waals surface area contributed by atoms with Crippen molar-refractivity contribution in [2.45, 2.75) is 41.5 Å². The first kappa shape index (κ1) is 28.3. The normalized spacial score (nSPS) is 10.8. The summed E-state index contributed by atoms with van der Waals surface area (Å²) in [6, 6.07) is 6.97. The van der Waals surface area contributed by atoms with Crippen molar-refractivity contribution in [3.8, 4) is 0 Å². The van der Waals surface area contributed by atoms with Gasteiger partial charge in [-0.15, -0.1) is 0 Å². The van der Waals surface area contributed by atoms with Gasteiger partial charge in [0, 0.05) is 11.1 Å². The molecule has 0 aliphatic rings. The average Bonchev–Trinajstić information content (AvgIpc) is 2.65. The second-order valence-electron chi connectivity index (χ2n) is 8.86. The molecule has 0 aromatic heterocycles. The monoisotopic (exact) mass is 473 g/mol. The number of benzene rings is 2. The molecule has 0 heterocycles. The van der Waals surface area contributed by atoms with Crippen molar-refractivity contribution in [2.24, 2.45) is 5.73 Å². The summed E-state index contributed by atoms with van der Waals surface area (Å²) in [5.41, 5.74) is 7.62. The molecular weight excluding hydrogens is 437 g/mol. The van der Waals surface area contributed by atoms with E-state index in [0.717, 1.165) is 17.1 Å². The minimum Gasteiger partial charge on any atom is -0.788 e. The summed E-state index contributed by atoms with van der Waals surface area (Å²) < 4.78 is 14.6. The molecule has 0 amide bonds. The fraction of sp³-hybridized carbons (Fsp3) is 0.400. The summed E-state index contributed by atoms with van der Waals surface area (Å²) in [6.07, 6.45) is 0. The number of rotatable bonds is 4. The van der Waals surface area contributed by atoms with Crippen LogP contribution in [0.3, 0.4) is 0 Å². The lowest BCUT2D eigenvalue weighted by atomic mass is 10.0. The van der Waals surface area contributed by atoms with Crippen LogP contribution in [0.1, 0.15) is 54.1 Å². The van der Waals surface area contributed by atoms with Crippen LogP contribution in [-0.4, -0.2) is 54.7 Å². The zero-order valence-corrected chi connectivity index (χ0v) is 22.3. The first-order chi connectivity index (χ1) is 15.0. The van der Waals surface area contributed by atoms with Gasteiger partial charge in [0.05, 0.1) is 28.2 Å². The summed E-state index contributed by atoms with van der Waals surface area (Å²) in [7, 11) is 2.66. The molecule has 0 aliphatic heterocycles. The molecule has 0 saturated heterocycles. The number of hydrogen-bond acceptors (Lipinski definition) is 4. The second kappa shape index (κ2) is 10.9. The third kappa shape index (κ3) is 6.62. The van der Waals surface area contributed by atoms with E-state index in [-0.39, 0.29) is 11.1 Å². The van der Waals surface area contributed by atoms with E-state index in [4.69, 9.17) is 5.73 Å². The third-order valence-electron chi connectivity index (χ3n) is 5.23. The van der Waals surface area contributed by atoms with Gasteiger partial charge in [-0.05, 0) is 63.8 Å². The molecule has 0 saturated carbocycles. The lowest BCUT2D eigenvalue weighted by Crippen LogP contribution is -2.36. The first-order valence-corrected chi connectivity index (χ1v) is 12.2. The number of nitrogens with zero attached hydrogens (tertiary/aromatic N) is 2. The van der Waals surface area contributed by atoms with E-state index in [2.05, 4.69) is 0 Å². The summed E-state index contributed by atoms with van der Waals surface area (Å²) in [4.78, 5) is 40.1. The molecule has 0 spiro atoms. The Balaban J connectivity index is 0.000000582. The highest BCUT2D eigenvalue weighted by atomic mass is 31.2. The molecule has 0 bridgehead atoms. The smallest absolute Gasteiger partial charge is 0.344 e. The third-order valence-corrected chi connectivity index (χ3v) is 6.75. The molecule has 0 radical (unpaired) electrons. The number of aryl methyl sites for hydroxylation is 6. The number of hydrogen-bond donors (Lipinski definition) is 1. The summed E-state index contributed by atoms with van der Waals surface area (Å²) >= 11 is 0. The number of carbonyl (C=O) groups is 2. The van der Waals surface area contributed by atoms with Crippen molar-refractivity contribution in [3.05, 3.63) is 68.8 Å². The maximum atomic E-state index is 12.7. The summed E-state index contributed by atoms with van der Waals surface area (Å²) in [5, 5.41) is 0. The molecule has 180 valence electrons. The molecule has 7 nitrogen and oxygen atoms in total. The van der Waals surface area contributed by atoms with Gasteiger partial charge in [-0.2, -0.15) is 0 Å². The van der Waals surface area contributed by atoms with E-state index in [1.54, 1.807) is 52.0 Å². The Morgan fingerprint density at radius 1 is 0.788 bits per heavy atom. The van der Waals surface area contributed by atoms with Gasteiger partial charge in [0.1, 0.15) is 0 Å². The van der Waals surface area contributed by atoms with E-state index < -0.39 is 18.4 Å². The maximum Gasteiger partial charge on any atom is 0.344 e. The van der Waals surface area contributed by atoms with Gasteiger partial charge in [-0.3, -0.25) is 24.8 Å². The highest BCUT2D eigenvalue weighted by Gasteiger charge is 2.33. The van der Waals surface area contributed by atoms with E-state index in [1.807, 2.05) is 51.5 Å². The van der Waals surface area contributed by atoms with Crippen molar-refractivity contribution < 1.29 is 23.6 Å². The second-order valence-corrected chi connectivity index (χ2v) is 10.8. The Labute approximate surface area is 197 Å². The molecule has 8 heteroatoms. The molecule has 2 N–H and O–H groups in total. The molecule has 2 aromatic rings. The summed E-state index contributed by atoms with van der Waals surface area (Å²) in [5.74, 6) is 0.769. The van der Waals surface area contributed by atoms with Gasteiger partial charge < -0.3 is 9.46 Å². The quantitative estimate of drug-likeness (QED) is 0.316. The highest BCUT2D eigenvalue weighted by molar-refractivity contribution is 7.89. The van der Waals surface area contributed by atoms with Gasteiger partial charge in [0.25, 0.3) is 0 Å². The number of guanidine groups is 1. The van der Waals surface area contributed by atoms with Crippen LogP contribution in [0.25, 0.3) is 0 Å². The minimum atomic E-state index is -4.98. The average molecular weight is 474 g/mol. The first-order valence-electron chi connectivity index (χ1n) is 10.6. The maximum absolute atomic E-state index is 12.7. The van der Waals surface area contributed by atoms with Gasteiger partial charge >= 0.3 is 5.96 Å². The Morgan fingerprint density at radius 3 is 1.24 bits per heavy atom. The molecule has 0 unspecified atom stereocenters. The van der Waals surface area contributed by atoms with Crippen LogP contribution in [0.4, 0.5) is 0 Å². The van der Waals surface area contributed by atoms with Crippen LogP contribution in [0.15, 0.2) is 24.3 Å². The van der Waals surface area contributed by atoms with Gasteiger partial charge in [0.15, 0.2) is 7.37 Å². The standard InChI is InChI=1S/C20H23O4P.C5H13N3/c1-11-7-13(3)17(14(4)8-11)19(21)25(23,24)20(22)18-15(5)9-12(2)10-16(18)6;1-7(2)5(6)8(3)4/h7-10H,1-6H3,(H,23,24);6H,1-4H3. The van der Waals surface area contributed by atoms with Gasteiger partial charge in [-0.25, -0.2) is 0 Å². The van der Waals surface area contributed by atoms with Crippen molar-refractivity contribution in [1.82, 2.24) is 4.90 Å². The highest BCUT2D eigenvalue weighted by Crippen LogP contribution is 2.46. The van der Waals surface area contributed by atoms with Crippen molar-refractivity contribution in [3.63, 3.8) is 0 Å². The molecular formula is C25H36N3O4P. The predicted octanol–water partition coefficient (Wildman–Crippen LogP) is 3.29. The molecule has 0 fully saturated rings. The largest absolute Gasteiger partial charge is 0.788 e. The fourth-order valence-corrected chi connectivity index (χ4v) is 5.30. The van der Waals surface area contributed by atoms with E-state index >= 15 is 0 Å². The van der Waals surface area contributed by atoms with Crippen LogP contribution in [-0.2, 0) is 4.57 Å². The molecule has 0 aliphatic carbocycles. The van der Waals surface area contributed by atoms with Crippen LogP contribution in [0, 0.1) is 41.5 Å². The molecule has 2 aromatic carbocycles. The van der Waals surface area contributed by atoms with Gasteiger partial charge in [-0.1, -0.05) is 35.4 Å². The van der Waals surface area contributed by atoms with Crippen molar-refractivity contribution >= 4 is 24.4 Å². The minimum absolute atomic E-state index is 0.0969. The van der Waals surface area contributed by atoms with Crippen molar-refractivity contribution in [1.29, 1.82) is 0 Å². The Morgan fingerprint density at radius 2 is 1.06 bits per heavy atom. The lowest BCUT2D eigenvalue weighted by Gasteiger charge is -2.24. The van der Waals surface area contributed by atoms with Crippen LogP contribution < -0.4 is 10.6 Å². The molecule has 2 rings (SSSR count). The Kier molecular flexibility index (Phi) is 9.34. The van der Waals surface area contributed by atoms with E-state index in [1.165, 1.54) is 0 Å².